The highest BCUT2D eigenvalue weighted by Crippen LogP contribution is 2.42. The van der Waals surface area contributed by atoms with Gasteiger partial charge in [-0.25, -0.2) is 0 Å². The van der Waals surface area contributed by atoms with Crippen molar-refractivity contribution in [3.63, 3.8) is 0 Å². The van der Waals surface area contributed by atoms with Crippen LogP contribution in [0.5, 0.6) is 5.75 Å². The van der Waals surface area contributed by atoms with Crippen LogP contribution in [0.1, 0.15) is 53.2 Å². The second kappa shape index (κ2) is 13.5. The smallest absolute Gasteiger partial charge is 0.251 e. The van der Waals surface area contributed by atoms with Gasteiger partial charge in [-0.15, -0.1) is 12.4 Å². The van der Waals surface area contributed by atoms with Crippen LogP contribution in [0, 0.1) is 5.41 Å². The van der Waals surface area contributed by atoms with Crippen LogP contribution in [0.2, 0.25) is 5.02 Å². The molecule has 0 saturated carbocycles. The predicted octanol–water partition coefficient (Wildman–Crippen LogP) is 6.15. The Kier molecular flexibility index (Phi) is 10.1. The first-order chi connectivity index (χ1) is 19.0. The zero-order valence-corrected chi connectivity index (χ0v) is 24.4. The quantitative estimate of drug-likeness (QED) is 0.329. The molecular weight excluding hydrogens is 545 g/mol. The van der Waals surface area contributed by atoms with Crippen molar-refractivity contribution < 1.29 is 14.3 Å². The summed E-state index contributed by atoms with van der Waals surface area (Å²) in [4.78, 5) is 30.9. The monoisotopic (exact) mass is 581 g/mol. The molecule has 0 aliphatic carbocycles. The molecule has 1 atom stereocenters. The molecule has 40 heavy (non-hydrogen) atoms. The van der Waals surface area contributed by atoms with E-state index in [4.69, 9.17) is 16.3 Å². The number of rotatable bonds is 9. The lowest BCUT2D eigenvalue weighted by Crippen LogP contribution is -2.45. The lowest BCUT2D eigenvalue weighted by atomic mass is 9.77. The zero-order chi connectivity index (χ0) is 27.2. The van der Waals surface area contributed by atoms with Gasteiger partial charge in [0, 0.05) is 30.2 Å². The van der Waals surface area contributed by atoms with Crippen LogP contribution < -0.4 is 10.1 Å². The highest BCUT2D eigenvalue weighted by Gasteiger charge is 2.47. The van der Waals surface area contributed by atoms with Gasteiger partial charge in [0.1, 0.15) is 5.75 Å². The van der Waals surface area contributed by atoms with E-state index < -0.39 is 0 Å². The number of benzene rings is 3. The van der Waals surface area contributed by atoms with Gasteiger partial charge in [0.15, 0.2) is 0 Å². The number of methoxy groups -OCH3 is 1. The van der Waals surface area contributed by atoms with Crippen LogP contribution in [0.25, 0.3) is 0 Å². The lowest BCUT2D eigenvalue weighted by Gasteiger charge is -2.38. The average Bonchev–Trinajstić information content (AvgIpc) is 3.26. The van der Waals surface area contributed by atoms with Crippen LogP contribution in [0.3, 0.4) is 0 Å². The second-order valence-corrected chi connectivity index (χ2v) is 11.1. The molecule has 1 N–H and O–H groups in total. The molecule has 3 aromatic carbocycles. The molecule has 6 nitrogen and oxygen atoms in total. The number of likely N-dealkylation sites (tertiary alicyclic amines) is 2. The molecule has 2 amide bonds. The van der Waals surface area contributed by atoms with Gasteiger partial charge < -0.3 is 19.9 Å². The van der Waals surface area contributed by atoms with E-state index in [0.29, 0.717) is 23.0 Å². The molecule has 1 spiro atoms. The Morgan fingerprint density at radius 1 is 0.975 bits per heavy atom. The molecule has 2 saturated heterocycles. The number of amides is 2. The van der Waals surface area contributed by atoms with Gasteiger partial charge in [0.05, 0.1) is 18.6 Å². The first-order valence-electron chi connectivity index (χ1n) is 13.7. The zero-order valence-electron chi connectivity index (χ0n) is 22.9. The minimum Gasteiger partial charge on any atom is -0.497 e. The lowest BCUT2D eigenvalue weighted by molar-refractivity contribution is -0.138. The van der Waals surface area contributed by atoms with Gasteiger partial charge in [-0.3, -0.25) is 9.59 Å². The average molecular weight is 583 g/mol. The molecule has 5 rings (SSSR count). The van der Waals surface area contributed by atoms with E-state index in [1.54, 1.807) is 31.4 Å². The van der Waals surface area contributed by atoms with E-state index in [9.17, 15) is 9.59 Å². The summed E-state index contributed by atoms with van der Waals surface area (Å²) in [5.74, 6) is 1.00. The van der Waals surface area contributed by atoms with Gasteiger partial charge in [-0.1, -0.05) is 60.1 Å². The van der Waals surface area contributed by atoms with Crippen molar-refractivity contribution in [2.75, 3.05) is 33.3 Å². The summed E-state index contributed by atoms with van der Waals surface area (Å²) >= 11 is 6.11. The van der Waals surface area contributed by atoms with E-state index in [1.807, 2.05) is 47.4 Å². The third-order valence-electron chi connectivity index (χ3n) is 8.27. The maximum Gasteiger partial charge on any atom is 0.251 e. The van der Waals surface area contributed by atoms with Crippen molar-refractivity contribution in [3.8, 4) is 5.75 Å². The molecule has 2 heterocycles. The standard InChI is InChI=1S/C32H36ClN3O3.ClH/c1-39-28-12-10-24(11-13-28)23-36-21-17-32(31(36)38)15-19-35(20-16-32)18-14-29(25-6-3-2-4-7-25)34-30(37)26-8-5-9-27(33)22-26;/h2-13,22,29H,14-21,23H2,1H3,(H,34,37);1H. The van der Waals surface area contributed by atoms with Crippen molar-refractivity contribution in [1.82, 2.24) is 15.1 Å². The summed E-state index contributed by atoms with van der Waals surface area (Å²) in [7, 11) is 1.66. The number of hydrogen-bond donors (Lipinski definition) is 1. The van der Waals surface area contributed by atoms with Gasteiger partial charge in [0.2, 0.25) is 5.91 Å². The van der Waals surface area contributed by atoms with Crippen LogP contribution in [-0.4, -0.2) is 54.9 Å². The summed E-state index contributed by atoms with van der Waals surface area (Å²) in [5, 5.41) is 3.76. The summed E-state index contributed by atoms with van der Waals surface area (Å²) in [6.45, 7) is 4.11. The fourth-order valence-electron chi connectivity index (χ4n) is 5.85. The first-order valence-corrected chi connectivity index (χ1v) is 14.1. The number of carbonyl (C=O) groups excluding carboxylic acids is 2. The van der Waals surface area contributed by atoms with E-state index >= 15 is 0 Å². The number of ether oxygens (including phenoxy) is 1. The molecule has 8 heteroatoms. The van der Waals surface area contributed by atoms with Gasteiger partial charge in [-0.2, -0.15) is 0 Å². The molecule has 212 valence electrons. The van der Waals surface area contributed by atoms with Crippen molar-refractivity contribution in [2.45, 2.75) is 38.3 Å². The highest BCUT2D eigenvalue weighted by atomic mass is 35.5. The van der Waals surface area contributed by atoms with Crippen molar-refractivity contribution in [3.05, 3.63) is 101 Å². The minimum absolute atomic E-state index is 0. The van der Waals surface area contributed by atoms with Crippen LogP contribution in [0.15, 0.2) is 78.9 Å². The summed E-state index contributed by atoms with van der Waals surface area (Å²) < 4.78 is 5.25. The maximum absolute atomic E-state index is 13.5. The highest BCUT2D eigenvalue weighted by molar-refractivity contribution is 6.30. The Labute approximate surface area is 248 Å². The van der Waals surface area contributed by atoms with E-state index in [1.165, 1.54) is 0 Å². The van der Waals surface area contributed by atoms with Crippen molar-refractivity contribution >= 4 is 35.8 Å². The number of nitrogens with zero attached hydrogens (tertiary/aromatic N) is 2. The Bertz CT molecular complexity index is 1280. The molecule has 0 radical (unpaired) electrons. The van der Waals surface area contributed by atoms with Gasteiger partial charge in [0.25, 0.3) is 5.91 Å². The number of carbonyl (C=O) groups is 2. The maximum atomic E-state index is 13.5. The number of nitrogens with one attached hydrogen (secondary N) is 1. The molecule has 1 unspecified atom stereocenters. The summed E-state index contributed by atoms with van der Waals surface area (Å²) in [6.07, 6.45) is 3.49. The molecule has 2 fully saturated rings. The fourth-order valence-corrected chi connectivity index (χ4v) is 6.04. The van der Waals surface area contributed by atoms with Crippen molar-refractivity contribution in [2.24, 2.45) is 5.41 Å². The van der Waals surface area contributed by atoms with Gasteiger partial charge >= 0.3 is 0 Å². The van der Waals surface area contributed by atoms with Crippen LogP contribution >= 0.6 is 24.0 Å². The number of hydrogen-bond acceptors (Lipinski definition) is 4. The first kappa shape index (κ1) is 29.9. The van der Waals surface area contributed by atoms with Crippen molar-refractivity contribution in [1.29, 1.82) is 0 Å². The SMILES string of the molecule is COc1ccc(CN2CCC3(CCN(CCC(NC(=O)c4cccc(Cl)c4)c4ccccc4)CC3)C2=O)cc1.Cl. The van der Waals surface area contributed by atoms with E-state index in [0.717, 1.165) is 68.7 Å². The molecule has 0 bridgehead atoms. The second-order valence-electron chi connectivity index (χ2n) is 10.7. The Hall–Kier alpha value is -3.06. The summed E-state index contributed by atoms with van der Waals surface area (Å²) in [6, 6.07) is 25.0. The number of halogens is 2. The van der Waals surface area contributed by atoms with E-state index in [-0.39, 0.29) is 29.8 Å². The normalized spacial score (nSPS) is 17.4. The fraction of sp³-hybridized carbons (Fsp3) is 0.375. The Morgan fingerprint density at radius 2 is 1.68 bits per heavy atom. The molecular formula is C32H37Cl2N3O3. The molecule has 3 aromatic rings. The predicted molar refractivity (Wildman–Crippen MR) is 161 cm³/mol. The largest absolute Gasteiger partial charge is 0.497 e. The molecule has 2 aliphatic heterocycles. The summed E-state index contributed by atoms with van der Waals surface area (Å²) in [5.41, 5.74) is 2.54. The molecule has 2 aliphatic rings. The van der Waals surface area contributed by atoms with Gasteiger partial charge in [-0.05, 0) is 80.2 Å². The molecule has 0 aromatic heterocycles. The third kappa shape index (κ3) is 6.98. The van der Waals surface area contributed by atoms with Crippen LogP contribution in [0.4, 0.5) is 0 Å². The van der Waals surface area contributed by atoms with E-state index in [2.05, 4.69) is 22.3 Å². The number of piperidine rings is 1. The third-order valence-corrected chi connectivity index (χ3v) is 8.51. The van der Waals surface area contributed by atoms with Crippen LogP contribution in [-0.2, 0) is 11.3 Å². The Balaban J connectivity index is 0.00000370. The minimum atomic E-state index is -0.234. The Morgan fingerprint density at radius 3 is 2.35 bits per heavy atom. The topological polar surface area (TPSA) is 61.9 Å².